The number of amides is 1. The van der Waals surface area contributed by atoms with Crippen LogP contribution in [0.25, 0.3) is 0 Å². The number of hydrogen-bond acceptors (Lipinski definition) is 4. The van der Waals surface area contributed by atoms with E-state index in [1.807, 2.05) is 25.7 Å². The molecule has 0 unspecified atom stereocenters. The number of ether oxygens (including phenoxy) is 1. The maximum atomic E-state index is 12.5. The Morgan fingerprint density at radius 1 is 1.20 bits per heavy atom. The SMILES string of the molecule is CCOC(C)(C)C(=O)N1CC[C@@H](N2CCN(C)CC2)C1. The fraction of sp³-hybridized carbons (Fsp3) is 0.933. The van der Waals surface area contributed by atoms with Crippen molar-refractivity contribution in [2.24, 2.45) is 0 Å². The summed E-state index contributed by atoms with van der Waals surface area (Å²) >= 11 is 0. The lowest BCUT2D eigenvalue weighted by Gasteiger charge is -2.36. The van der Waals surface area contributed by atoms with Crippen LogP contribution in [0.15, 0.2) is 0 Å². The summed E-state index contributed by atoms with van der Waals surface area (Å²) in [5.41, 5.74) is -0.689. The number of carbonyl (C=O) groups excluding carboxylic acids is 1. The Kier molecular flexibility index (Phi) is 5.04. The van der Waals surface area contributed by atoms with Gasteiger partial charge in [0.25, 0.3) is 5.91 Å². The molecule has 0 aromatic rings. The Bertz CT molecular complexity index is 338. The Hall–Kier alpha value is -0.650. The van der Waals surface area contributed by atoms with Gasteiger partial charge < -0.3 is 14.5 Å². The van der Waals surface area contributed by atoms with Gasteiger partial charge in [-0.15, -0.1) is 0 Å². The average Bonchev–Trinajstić information content (AvgIpc) is 2.88. The molecule has 2 aliphatic heterocycles. The highest BCUT2D eigenvalue weighted by Crippen LogP contribution is 2.22. The number of piperazine rings is 1. The largest absolute Gasteiger partial charge is 0.366 e. The van der Waals surface area contributed by atoms with Crippen LogP contribution in [-0.2, 0) is 9.53 Å². The first-order valence-electron chi connectivity index (χ1n) is 7.80. The van der Waals surface area contributed by atoms with Gasteiger partial charge in [-0.1, -0.05) is 0 Å². The van der Waals surface area contributed by atoms with Gasteiger partial charge in [0.1, 0.15) is 5.60 Å². The zero-order valence-electron chi connectivity index (χ0n) is 13.4. The molecule has 5 heteroatoms. The van der Waals surface area contributed by atoms with E-state index in [2.05, 4.69) is 16.8 Å². The second-order valence-electron chi connectivity index (χ2n) is 6.48. The quantitative estimate of drug-likeness (QED) is 0.759. The van der Waals surface area contributed by atoms with Crippen LogP contribution < -0.4 is 0 Å². The summed E-state index contributed by atoms with van der Waals surface area (Å²) in [5, 5.41) is 0. The molecule has 0 radical (unpaired) electrons. The second kappa shape index (κ2) is 6.41. The molecule has 2 rings (SSSR count). The van der Waals surface area contributed by atoms with Crippen molar-refractivity contribution >= 4 is 5.91 Å². The van der Waals surface area contributed by atoms with Gasteiger partial charge in [0, 0.05) is 51.9 Å². The number of carbonyl (C=O) groups is 1. The summed E-state index contributed by atoms with van der Waals surface area (Å²) in [6, 6.07) is 0.532. The van der Waals surface area contributed by atoms with Gasteiger partial charge >= 0.3 is 0 Å². The van der Waals surface area contributed by atoms with Crippen LogP contribution in [0.5, 0.6) is 0 Å². The van der Waals surface area contributed by atoms with Crippen molar-refractivity contribution in [1.82, 2.24) is 14.7 Å². The van der Waals surface area contributed by atoms with E-state index >= 15 is 0 Å². The Labute approximate surface area is 122 Å². The lowest BCUT2D eigenvalue weighted by Crippen LogP contribution is -2.51. The zero-order chi connectivity index (χ0) is 14.8. The van der Waals surface area contributed by atoms with E-state index in [1.165, 1.54) is 0 Å². The van der Waals surface area contributed by atoms with Crippen molar-refractivity contribution in [1.29, 1.82) is 0 Å². The predicted octanol–water partition coefficient (Wildman–Crippen LogP) is 0.650. The van der Waals surface area contributed by atoms with Gasteiger partial charge in [-0.25, -0.2) is 0 Å². The van der Waals surface area contributed by atoms with E-state index in [-0.39, 0.29) is 5.91 Å². The van der Waals surface area contributed by atoms with Gasteiger partial charge in [-0.2, -0.15) is 0 Å². The average molecular weight is 283 g/mol. The molecule has 0 spiro atoms. The predicted molar refractivity (Wildman–Crippen MR) is 79.8 cm³/mol. The van der Waals surface area contributed by atoms with E-state index in [1.54, 1.807) is 0 Å². The lowest BCUT2D eigenvalue weighted by atomic mass is 10.1. The van der Waals surface area contributed by atoms with E-state index < -0.39 is 5.60 Å². The zero-order valence-corrected chi connectivity index (χ0v) is 13.4. The minimum absolute atomic E-state index is 0.135. The third-order valence-electron chi connectivity index (χ3n) is 4.53. The normalized spacial score (nSPS) is 26.2. The first kappa shape index (κ1) is 15.7. The first-order valence-corrected chi connectivity index (χ1v) is 7.80. The standard InChI is InChI=1S/C15H29N3O2/c1-5-20-15(2,3)14(19)18-7-6-13(12-18)17-10-8-16(4)9-11-17/h13H,5-12H2,1-4H3/t13-/m1/s1. The number of likely N-dealkylation sites (tertiary alicyclic amines) is 1. The van der Waals surface area contributed by atoms with Crippen molar-refractivity contribution in [2.75, 3.05) is 52.9 Å². The molecule has 2 saturated heterocycles. The molecular weight excluding hydrogens is 254 g/mol. The summed E-state index contributed by atoms with van der Waals surface area (Å²) in [4.78, 5) is 19.4. The van der Waals surface area contributed by atoms with Crippen LogP contribution in [0.2, 0.25) is 0 Å². The molecule has 0 aromatic carbocycles. The molecule has 20 heavy (non-hydrogen) atoms. The van der Waals surface area contributed by atoms with E-state index in [4.69, 9.17) is 4.74 Å². The smallest absolute Gasteiger partial charge is 0.254 e. The summed E-state index contributed by atoms with van der Waals surface area (Å²) < 4.78 is 5.59. The summed E-state index contributed by atoms with van der Waals surface area (Å²) in [7, 11) is 2.17. The molecule has 0 saturated carbocycles. The van der Waals surface area contributed by atoms with Crippen molar-refractivity contribution in [3.63, 3.8) is 0 Å². The topological polar surface area (TPSA) is 36.0 Å². The van der Waals surface area contributed by atoms with Gasteiger partial charge in [-0.05, 0) is 34.2 Å². The monoisotopic (exact) mass is 283 g/mol. The molecular formula is C15H29N3O2. The van der Waals surface area contributed by atoms with Crippen LogP contribution in [0.3, 0.4) is 0 Å². The van der Waals surface area contributed by atoms with Crippen molar-refractivity contribution in [3.8, 4) is 0 Å². The van der Waals surface area contributed by atoms with E-state index in [0.717, 1.165) is 45.7 Å². The number of rotatable bonds is 4. The minimum Gasteiger partial charge on any atom is -0.366 e. The molecule has 116 valence electrons. The van der Waals surface area contributed by atoms with Crippen LogP contribution >= 0.6 is 0 Å². The van der Waals surface area contributed by atoms with Crippen molar-refractivity contribution in [3.05, 3.63) is 0 Å². The molecule has 0 N–H and O–H groups in total. The Morgan fingerprint density at radius 2 is 1.85 bits per heavy atom. The molecule has 2 fully saturated rings. The molecule has 1 amide bonds. The van der Waals surface area contributed by atoms with Crippen LogP contribution in [0.4, 0.5) is 0 Å². The highest BCUT2D eigenvalue weighted by Gasteiger charge is 2.38. The maximum absolute atomic E-state index is 12.5. The Balaban J connectivity index is 1.87. The molecule has 1 atom stereocenters. The van der Waals surface area contributed by atoms with Gasteiger partial charge in [0.05, 0.1) is 0 Å². The lowest BCUT2D eigenvalue weighted by molar-refractivity contribution is -0.152. The van der Waals surface area contributed by atoms with Gasteiger partial charge in [0.15, 0.2) is 0 Å². The fourth-order valence-corrected chi connectivity index (χ4v) is 3.21. The highest BCUT2D eigenvalue weighted by molar-refractivity contribution is 5.84. The second-order valence-corrected chi connectivity index (χ2v) is 6.48. The summed E-state index contributed by atoms with van der Waals surface area (Å²) in [6.07, 6.45) is 1.09. The number of nitrogens with zero attached hydrogens (tertiary/aromatic N) is 3. The molecule has 0 aliphatic carbocycles. The van der Waals surface area contributed by atoms with Crippen molar-refractivity contribution in [2.45, 2.75) is 38.8 Å². The summed E-state index contributed by atoms with van der Waals surface area (Å²) in [5.74, 6) is 0.135. The summed E-state index contributed by atoms with van der Waals surface area (Å²) in [6.45, 7) is 12.5. The maximum Gasteiger partial charge on any atom is 0.254 e. The van der Waals surface area contributed by atoms with E-state index in [0.29, 0.717) is 12.6 Å². The van der Waals surface area contributed by atoms with Crippen LogP contribution in [0, 0.1) is 0 Å². The highest BCUT2D eigenvalue weighted by atomic mass is 16.5. The fourth-order valence-electron chi connectivity index (χ4n) is 3.21. The van der Waals surface area contributed by atoms with Gasteiger partial charge in [-0.3, -0.25) is 9.69 Å². The molecule has 0 aromatic heterocycles. The van der Waals surface area contributed by atoms with Crippen LogP contribution in [-0.4, -0.2) is 85.2 Å². The minimum atomic E-state index is -0.689. The molecule has 2 heterocycles. The first-order chi connectivity index (χ1) is 9.44. The molecule has 0 bridgehead atoms. The molecule has 5 nitrogen and oxygen atoms in total. The number of likely N-dealkylation sites (N-methyl/N-ethyl adjacent to an activating group) is 1. The van der Waals surface area contributed by atoms with Gasteiger partial charge in [0.2, 0.25) is 0 Å². The number of hydrogen-bond donors (Lipinski definition) is 0. The Morgan fingerprint density at radius 3 is 2.45 bits per heavy atom. The van der Waals surface area contributed by atoms with Crippen LogP contribution in [0.1, 0.15) is 27.2 Å². The van der Waals surface area contributed by atoms with E-state index in [9.17, 15) is 4.79 Å². The van der Waals surface area contributed by atoms with Crippen molar-refractivity contribution < 1.29 is 9.53 Å². The third-order valence-corrected chi connectivity index (χ3v) is 4.53. The molecule has 2 aliphatic rings. The third kappa shape index (κ3) is 3.51.